The van der Waals surface area contributed by atoms with E-state index in [0.29, 0.717) is 35.9 Å². The predicted octanol–water partition coefficient (Wildman–Crippen LogP) is 3.24. The third-order valence-electron chi connectivity index (χ3n) is 8.06. The zero-order chi connectivity index (χ0) is 23.7. The zero-order valence-electron chi connectivity index (χ0n) is 19.4. The molecule has 2 saturated carbocycles. The number of aliphatic imine (C=N–C) groups is 1. The smallest absolute Gasteiger partial charge is 0.398 e. The third kappa shape index (κ3) is 4.14. The number of pyridine rings is 1. The fourth-order valence-corrected chi connectivity index (χ4v) is 6.49. The van der Waals surface area contributed by atoms with Crippen molar-refractivity contribution in [2.24, 2.45) is 28.5 Å². The highest BCUT2D eigenvalue weighted by atomic mass is 19.4. The van der Waals surface area contributed by atoms with Crippen LogP contribution in [0.15, 0.2) is 23.3 Å². The maximum atomic E-state index is 13.3. The van der Waals surface area contributed by atoms with Crippen LogP contribution in [0.4, 0.5) is 19.0 Å². The first-order chi connectivity index (χ1) is 15.5. The number of aromatic nitrogens is 1. The fourth-order valence-electron chi connectivity index (χ4n) is 6.49. The fraction of sp³-hybridized carbons (Fsp3) is 0.667. The van der Waals surface area contributed by atoms with Crippen LogP contribution in [0, 0.1) is 17.8 Å². The topological polar surface area (TPSA) is 83.8 Å². The highest BCUT2D eigenvalue weighted by Gasteiger charge is 2.60. The molecule has 4 fully saturated rings. The standard InChI is InChI=1S/C24H33F3N6/c1-12(2)31-21(8-20(28)13-4-19(24(25,26)27)23(29)30-9-13)22-17-6-14(7-18(17)22)33-11-15-5-16(33)10-32(15)3/h4,8-9,12,14-18,22H,5-7,10-11,28H2,1-3H3,(H2,29,30)/t14?,15-,16-,17-,18+,22?/m0/s1. The summed E-state index contributed by atoms with van der Waals surface area (Å²) in [4.78, 5) is 13.8. The largest absolute Gasteiger partial charge is 0.419 e. The number of halogens is 3. The van der Waals surface area contributed by atoms with Gasteiger partial charge in [-0.25, -0.2) is 4.98 Å². The van der Waals surface area contributed by atoms with Crippen LogP contribution < -0.4 is 11.5 Å². The van der Waals surface area contributed by atoms with Crippen LogP contribution in [0.2, 0.25) is 0 Å². The summed E-state index contributed by atoms with van der Waals surface area (Å²) in [5.74, 6) is 0.973. The number of hydrogen-bond acceptors (Lipinski definition) is 6. The van der Waals surface area contributed by atoms with Crippen molar-refractivity contribution in [2.75, 3.05) is 25.9 Å². The summed E-state index contributed by atoms with van der Waals surface area (Å²) in [6.45, 7) is 6.38. The second-order valence-electron chi connectivity index (χ2n) is 10.6. The van der Waals surface area contributed by atoms with Gasteiger partial charge < -0.3 is 16.4 Å². The lowest BCUT2D eigenvalue weighted by atomic mass is 9.99. The van der Waals surface area contributed by atoms with Gasteiger partial charge in [-0.2, -0.15) is 13.2 Å². The van der Waals surface area contributed by atoms with Gasteiger partial charge in [-0.1, -0.05) is 0 Å². The van der Waals surface area contributed by atoms with Crippen molar-refractivity contribution in [3.05, 3.63) is 29.5 Å². The average Bonchev–Trinajstić information content (AvgIpc) is 3.08. The molecule has 0 radical (unpaired) electrons. The Balaban J connectivity index is 1.31. The van der Waals surface area contributed by atoms with E-state index in [-0.39, 0.29) is 17.3 Å². The minimum absolute atomic E-state index is 0.0845. The highest BCUT2D eigenvalue weighted by molar-refractivity contribution is 6.04. The van der Waals surface area contributed by atoms with E-state index in [1.807, 2.05) is 13.8 Å². The van der Waals surface area contributed by atoms with E-state index in [4.69, 9.17) is 16.5 Å². The molecule has 4 aliphatic rings. The van der Waals surface area contributed by atoms with Gasteiger partial charge in [-0.05, 0) is 64.1 Å². The van der Waals surface area contributed by atoms with Crippen molar-refractivity contribution in [3.63, 3.8) is 0 Å². The monoisotopic (exact) mass is 462 g/mol. The molecule has 5 rings (SSSR count). The quantitative estimate of drug-likeness (QED) is 0.657. The summed E-state index contributed by atoms with van der Waals surface area (Å²) in [6, 6.07) is 3.11. The zero-order valence-corrected chi connectivity index (χ0v) is 19.4. The Morgan fingerprint density at radius 1 is 1.15 bits per heavy atom. The molecule has 3 heterocycles. The van der Waals surface area contributed by atoms with Crippen LogP contribution in [-0.2, 0) is 6.18 Å². The van der Waals surface area contributed by atoms with Crippen LogP contribution >= 0.6 is 0 Å². The van der Waals surface area contributed by atoms with Gasteiger partial charge in [0.1, 0.15) is 5.82 Å². The number of fused-ring (bicyclic) bond motifs is 3. The number of anilines is 1. The number of nitrogen functional groups attached to an aromatic ring is 1. The Bertz CT molecular complexity index is 973. The molecule has 4 N–H and O–H groups in total. The molecule has 2 aliphatic carbocycles. The van der Waals surface area contributed by atoms with Crippen molar-refractivity contribution < 1.29 is 13.2 Å². The van der Waals surface area contributed by atoms with Gasteiger partial charge in [0.25, 0.3) is 0 Å². The van der Waals surface area contributed by atoms with E-state index < -0.39 is 17.6 Å². The summed E-state index contributed by atoms with van der Waals surface area (Å²) in [6.07, 6.45) is 2.13. The molecule has 2 saturated heterocycles. The van der Waals surface area contributed by atoms with Crippen LogP contribution in [0.5, 0.6) is 0 Å². The Morgan fingerprint density at radius 2 is 1.85 bits per heavy atom. The Morgan fingerprint density at radius 3 is 2.39 bits per heavy atom. The predicted molar refractivity (Wildman–Crippen MR) is 123 cm³/mol. The molecule has 2 unspecified atom stereocenters. The number of piperazine rings is 1. The van der Waals surface area contributed by atoms with Crippen molar-refractivity contribution in [1.82, 2.24) is 14.8 Å². The lowest BCUT2D eigenvalue weighted by molar-refractivity contribution is -0.137. The summed E-state index contributed by atoms with van der Waals surface area (Å²) >= 11 is 0. The number of hydrogen-bond donors (Lipinski definition) is 2. The summed E-state index contributed by atoms with van der Waals surface area (Å²) in [7, 11) is 2.23. The number of nitrogens with zero attached hydrogens (tertiary/aromatic N) is 4. The Hall–Kier alpha value is -2.13. The summed E-state index contributed by atoms with van der Waals surface area (Å²) in [5, 5.41) is 0. The molecule has 180 valence electrons. The molecule has 0 aromatic carbocycles. The van der Waals surface area contributed by atoms with E-state index >= 15 is 0 Å². The molecule has 1 aromatic heterocycles. The number of likely N-dealkylation sites (tertiary alicyclic amines) is 2. The first-order valence-corrected chi connectivity index (χ1v) is 11.9. The van der Waals surface area contributed by atoms with Gasteiger partial charge in [-0.3, -0.25) is 9.89 Å². The Kier molecular flexibility index (Phi) is 5.47. The van der Waals surface area contributed by atoms with E-state index in [0.717, 1.165) is 11.8 Å². The maximum absolute atomic E-state index is 13.3. The molecular formula is C24H33F3N6. The second kappa shape index (κ2) is 7.98. The number of likely N-dealkylation sites (N-methyl/N-ethyl adjacent to an activating group) is 1. The Labute approximate surface area is 192 Å². The lowest BCUT2D eigenvalue weighted by Crippen LogP contribution is -2.48. The number of allylic oxidation sites excluding steroid dienone is 1. The molecule has 6 atom stereocenters. The van der Waals surface area contributed by atoms with Gasteiger partial charge in [0.05, 0.1) is 5.56 Å². The third-order valence-corrected chi connectivity index (χ3v) is 8.06. The molecule has 6 nitrogen and oxygen atoms in total. The first-order valence-electron chi connectivity index (χ1n) is 11.9. The van der Waals surface area contributed by atoms with Gasteiger partial charge in [-0.15, -0.1) is 0 Å². The van der Waals surface area contributed by atoms with Crippen molar-refractivity contribution in [3.8, 4) is 0 Å². The number of nitrogens with two attached hydrogens (primary N) is 2. The van der Waals surface area contributed by atoms with Crippen LogP contribution in [0.3, 0.4) is 0 Å². The van der Waals surface area contributed by atoms with Gasteiger partial charge >= 0.3 is 6.18 Å². The summed E-state index contributed by atoms with van der Waals surface area (Å²) in [5.41, 5.74) is 12.1. The normalized spacial score (nSPS) is 35.0. The van der Waals surface area contributed by atoms with E-state index in [9.17, 15) is 13.2 Å². The minimum atomic E-state index is -4.57. The molecular weight excluding hydrogens is 429 g/mol. The molecule has 2 bridgehead atoms. The summed E-state index contributed by atoms with van der Waals surface area (Å²) < 4.78 is 39.8. The first kappa shape index (κ1) is 22.7. The molecule has 0 spiro atoms. The van der Waals surface area contributed by atoms with E-state index in [1.54, 1.807) is 6.08 Å². The average molecular weight is 463 g/mol. The molecule has 33 heavy (non-hydrogen) atoms. The van der Waals surface area contributed by atoms with Crippen molar-refractivity contribution in [2.45, 2.75) is 63.5 Å². The highest BCUT2D eigenvalue weighted by Crippen LogP contribution is 2.60. The molecule has 2 aliphatic heterocycles. The van der Waals surface area contributed by atoms with E-state index in [1.165, 1.54) is 38.5 Å². The van der Waals surface area contributed by atoms with Gasteiger partial charge in [0.2, 0.25) is 0 Å². The van der Waals surface area contributed by atoms with Crippen molar-refractivity contribution in [1.29, 1.82) is 0 Å². The van der Waals surface area contributed by atoms with Gasteiger partial charge in [0.15, 0.2) is 0 Å². The minimum Gasteiger partial charge on any atom is -0.398 e. The van der Waals surface area contributed by atoms with E-state index in [2.05, 4.69) is 21.8 Å². The van der Waals surface area contributed by atoms with Gasteiger partial charge in [0, 0.05) is 66.3 Å². The van der Waals surface area contributed by atoms with Crippen molar-refractivity contribution >= 4 is 17.2 Å². The van der Waals surface area contributed by atoms with Crippen LogP contribution in [-0.4, -0.2) is 64.8 Å². The molecule has 0 amide bonds. The van der Waals surface area contributed by atoms with Crippen LogP contribution in [0.1, 0.15) is 44.2 Å². The lowest BCUT2D eigenvalue weighted by Gasteiger charge is -2.37. The number of rotatable bonds is 5. The SMILES string of the molecule is CC(C)N=C(C=C(N)c1cnc(N)c(C(F)(F)F)c1)C1[C@H]2CC(N3C[C@@H]4C[C@H]3CN4C)C[C@@H]12. The second-order valence-corrected chi connectivity index (χ2v) is 10.6. The number of alkyl halides is 3. The molecule has 1 aromatic rings. The van der Waals surface area contributed by atoms with Crippen LogP contribution in [0.25, 0.3) is 5.70 Å². The maximum Gasteiger partial charge on any atom is 0.419 e. The molecule has 9 heteroatoms.